The molecule has 3 nitrogen and oxygen atoms in total. The van der Waals surface area contributed by atoms with Crippen molar-refractivity contribution >= 4 is 17.9 Å². The minimum Gasteiger partial charge on any atom is -0.321 e. The largest absolute Gasteiger partial charge is 0.321 e. The van der Waals surface area contributed by atoms with Gasteiger partial charge in [-0.15, -0.1) is 0 Å². The predicted octanol–water partition coefficient (Wildman–Crippen LogP) is 1.55. The molecule has 0 aliphatic carbocycles. The van der Waals surface area contributed by atoms with Gasteiger partial charge >= 0.3 is 0 Å². The molecule has 0 bridgehead atoms. The van der Waals surface area contributed by atoms with Crippen LogP contribution < -0.4 is 0 Å². The van der Waals surface area contributed by atoms with Gasteiger partial charge in [-0.25, -0.2) is 4.98 Å². The second kappa shape index (κ2) is 2.90. The van der Waals surface area contributed by atoms with Crippen LogP contribution in [0.3, 0.4) is 0 Å². The third kappa shape index (κ3) is 1.37. The van der Waals surface area contributed by atoms with Crippen molar-refractivity contribution < 1.29 is 4.79 Å². The molecule has 0 spiro atoms. The van der Waals surface area contributed by atoms with E-state index in [1.54, 1.807) is 31.7 Å². The minimum atomic E-state index is -0.568. The molecule has 1 heterocycles. The van der Waals surface area contributed by atoms with Crippen LogP contribution in [0, 0.1) is 0 Å². The standard InChI is InChI=1S/C8H11ClN2O/c1-8(2,5-12)7-10-4-6(9)11(7)3/h4-5H,1-3H3. The SMILES string of the molecule is Cn1c(Cl)cnc1C(C)(C)C=O. The predicted molar refractivity (Wildman–Crippen MR) is 47.3 cm³/mol. The van der Waals surface area contributed by atoms with Crippen molar-refractivity contribution in [1.82, 2.24) is 9.55 Å². The normalized spacial score (nSPS) is 11.7. The molecule has 0 fully saturated rings. The van der Waals surface area contributed by atoms with Crippen molar-refractivity contribution in [2.75, 3.05) is 0 Å². The maximum absolute atomic E-state index is 10.7. The van der Waals surface area contributed by atoms with Crippen molar-refractivity contribution in [2.45, 2.75) is 19.3 Å². The van der Waals surface area contributed by atoms with Crippen LogP contribution in [0.4, 0.5) is 0 Å². The molecule has 0 unspecified atom stereocenters. The van der Waals surface area contributed by atoms with Crippen molar-refractivity contribution in [1.29, 1.82) is 0 Å². The number of carbonyl (C=O) groups is 1. The van der Waals surface area contributed by atoms with Gasteiger partial charge in [0.2, 0.25) is 0 Å². The number of hydrogen-bond donors (Lipinski definition) is 0. The fraction of sp³-hybridized carbons (Fsp3) is 0.500. The van der Waals surface area contributed by atoms with Gasteiger partial charge in [-0.3, -0.25) is 0 Å². The molecule has 0 atom stereocenters. The zero-order valence-corrected chi connectivity index (χ0v) is 8.09. The smallest absolute Gasteiger partial charge is 0.133 e. The maximum atomic E-state index is 10.7. The van der Waals surface area contributed by atoms with Crippen LogP contribution in [0.25, 0.3) is 0 Å². The summed E-state index contributed by atoms with van der Waals surface area (Å²) >= 11 is 5.78. The third-order valence-electron chi connectivity index (χ3n) is 1.80. The van der Waals surface area contributed by atoms with Crippen molar-refractivity contribution in [2.24, 2.45) is 7.05 Å². The van der Waals surface area contributed by atoms with Gasteiger partial charge in [-0.1, -0.05) is 11.6 Å². The van der Waals surface area contributed by atoms with E-state index in [-0.39, 0.29) is 0 Å². The highest BCUT2D eigenvalue weighted by Crippen LogP contribution is 2.21. The van der Waals surface area contributed by atoms with Crippen LogP contribution in [-0.4, -0.2) is 15.8 Å². The van der Waals surface area contributed by atoms with Gasteiger partial charge in [0.1, 0.15) is 17.3 Å². The average Bonchev–Trinajstić information content (AvgIpc) is 2.33. The summed E-state index contributed by atoms with van der Waals surface area (Å²) in [7, 11) is 1.79. The average molecular weight is 187 g/mol. The van der Waals surface area contributed by atoms with Gasteiger partial charge in [0.15, 0.2) is 0 Å². The van der Waals surface area contributed by atoms with Gasteiger partial charge in [-0.2, -0.15) is 0 Å². The molecule has 1 aromatic heterocycles. The third-order valence-corrected chi connectivity index (χ3v) is 2.15. The zero-order valence-electron chi connectivity index (χ0n) is 7.34. The first-order valence-electron chi connectivity index (χ1n) is 3.63. The Morgan fingerprint density at radius 3 is 2.58 bits per heavy atom. The number of nitrogens with zero attached hydrogens (tertiary/aromatic N) is 2. The lowest BCUT2D eigenvalue weighted by Gasteiger charge is -2.15. The molecule has 0 saturated carbocycles. The summed E-state index contributed by atoms with van der Waals surface area (Å²) in [6.07, 6.45) is 2.41. The van der Waals surface area contributed by atoms with Crippen LogP contribution in [0.2, 0.25) is 5.15 Å². The van der Waals surface area contributed by atoms with Gasteiger partial charge in [0, 0.05) is 7.05 Å². The molecule has 1 rings (SSSR count). The topological polar surface area (TPSA) is 34.9 Å². The number of aldehydes is 1. The van der Waals surface area contributed by atoms with E-state index in [1.165, 1.54) is 0 Å². The summed E-state index contributed by atoms with van der Waals surface area (Å²) in [6.45, 7) is 3.61. The minimum absolute atomic E-state index is 0.542. The Morgan fingerprint density at radius 2 is 2.25 bits per heavy atom. The van der Waals surface area contributed by atoms with E-state index >= 15 is 0 Å². The number of hydrogen-bond acceptors (Lipinski definition) is 2. The molecule has 0 aliphatic heterocycles. The number of rotatable bonds is 2. The monoisotopic (exact) mass is 186 g/mol. The fourth-order valence-electron chi connectivity index (χ4n) is 1.04. The quantitative estimate of drug-likeness (QED) is 0.657. The molecule has 0 amide bonds. The summed E-state index contributed by atoms with van der Waals surface area (Å²) in [6, 6.07) is 0. The molecule has 4 heteroatoms. The second-order valence-electron chi connectivity index (χ2n) is 3.30. The Balaban J connectivity index is 3.19. The molecule has 0 N–H and O–H groups in total. The van der Waals surface area contributed by atoms with Gasteiger partial charge in [0.05, 0.1) is 11.6 Å². The van der Waals surface area contributed by atoms with E-state index in [2.05, 4.69) is 4.98 Å². The summed E-state index contributed by atoms with van der Waals surface area (Å²) in [5, 5.41) is 0.542. The first-order valence-corrected chi connectivity index (χ1v) is 4.01. The Hall–Kier alpha value is -0.830. The van der Waals surface area contributed by atoms with E-state index < -0.39 is 5.41 Å². The highest BCUT2D eigenvalue weighted by molar-refractivity contribution is 6.29. The molecule has 0 aliphatic rings. The van der Waals surface area contributed by atoms with Crippen LogP contribution in [-0.2, 0) is 17.3 Å². The summed E-state index contributed by atoms with van der Waals surface area (Å²) < 4.78 is 1.70. The van der Waals surface area contributed by atoms with Gasteiger partial charge in [0.25, 0.3) is 0 Å². The van der Waals surface area contributed by atoms with Crippen molar-refractivity contribution in [3.63, 3.8) is 0 Å². The fourth-order valence-corrected chi connectivity index (χ4v) is 1.17. The molecular weight excluding hydrogens is 176 g/mol. The van der Waals surface area contributed by atoms with Gasteiger partial charge < -0.3 is 9.36 Å². The Bertz CT molecular complexity index is 304. The van der Waals surface area contributed by atoms with E-state index in [4.69, 9.17) is 11.6 Å². The second-order valence-corrected chi connectivity index (χ2v) is 3.69. The van der Waals surface area contributed by atoms with E-state index in [0.717, 1.165) is 6.29 Å². The first kappa shape index (κ1) is 9.26. The van der Waals surface area contributed by atoms with E-state index in [1.807, 2.05) is 0 Å². The summed E-state index contributed by atoms with van der Waals surface area (Å²) in [4.78, 5) is 14.7. The molecule has 0 aromatic carbocycles. The van der Waals surface area contributed by atoms with Crippen LogP contribution >= 0.6 is 11.6 Å². The lowest BCUT2D eigenvalue weighted by molar-refractivity contribution is -0.111. The van der Waals surface area contributed by atoms with Crippen LogP contribution in [0.15, 0.2) is 6.20 Å². The molecule has 0 saturated heterocycles. The Labute approximate surface area is 76.4 Å². The number of carbonyl (C=O) groups excluding carboxylic acids is 1. The van der Waals surface area contributed by atoms with Gasteiger partial charge in [-0.05, 0) is 13.8 Å². The van der Waals surface area contributed by atoms with Crippen LogP contribution in [0.5, 0.6) is 0 Å². The number of aromatic nitrogens is 2. The lowest BCUT2D eigenvalue weighted by atomic mass is 9.95. The summed E-state index contributed by atoms with van der Waals surface area (Å²) in [5.74, 6) is 0.683. The lowest BCUT2D eigenvalue weighted by Crippen LogP contribution is -2.23. The molecule has 66 valence electrons. The van der Waals surface area contributed by atoms with Crippen LogP contribution in [0.1, 0.15) is 19.7 Å². The highest BCUT2D eigenvalue weighted by atomic mass is 35.5. The summed E-state index contributed by atoms with van der Waals surface area (Å²) in [5.41, 5.74) is -0.568. The van der Waals surface area contributed by atoms with E-state index in [9.17, 15) is 4.79 Å². The van der Waals surface area contributed by atoms with E-state index in [0.29, 0.717) is 11.0 Å². The molecular formula is C8H11ClN2O. The highest BCUT2D eigenvalue weighted by Gasteiger charge is 2.25. The number of halogens is 1. The maximum Gasteiger partial charge on any atom is 0.133 e. The first-order chi connectivity index (χ1) is 5.49. The molecule has 0 radical (unpaired) electrons. The molecule has 1 aromatic rings. The van der Waals surface area contributed by atoms with Crippen molar-refractivity contribution in [3.05, 3.63) is 17.2 Å². The Kier molecular flexibility index (Phi) is 2.24. The number of imidazole rings is 1. The van der Waals surface area contributed by atoms with Crippen molar-refractivity contribution in [3.8, 4) is 0 Å². The zero-order chi connectivity index (χ0) is 9.35. The molecule has 12 heavy (non-hydrogen) atoms. The Morgan fingerprint density at radius 1 is 1.67 bits per heavy atom.